The quantitative estimate of drug-likeness (QED) is 0.365. The molecule has 3 aromatic carbocycles. The molecule has 2 heterocycles. The fourth-order valence-corrected chi connectivity index (χ4v) is 5.39. The number of carboxylic acids is 1. The van der Waals surface area contributed by atoms with Crippen molar-refractivity contribution in [3.63, 3.8) is 0 Å². The number of thiocarbonyl (C=S) groups is 1. The molecule has 6 nitrogen and oxygen atoms in total. The average molecular weight is 500 g/mol. The summed E-state index contributed by atoms with van der Waals surface area (Å²) < 4.78 is 0.255. The molecular weight excluding hydrogens is 478 g/mol. The molecule has 0 saturated carbocycles. The molecular formula is C27H21N3O3S2. The maximum Gasteiger partial charge on any atom is 0.323 e. The third-order valence-corrected chi connectivity index (χ3v) is 7.20. The average Bonchev–Trinajstić information content (AvgIpc) is 3.43. The van der Waals surface area contributed by atoms with Gasteiger partial charge in [-0.2, -0.15) is 5.10 Å². The standard InChI is InChI=1S/C27H21N3O3S2/c31-25(32)17-29-26(33)24(35-27(29)34)15-18-11-13-21(14-12-18)30-23(20-9-5-2-6-10-20)16-22(28-30)19-7-3-1-4-8-19/h1-15,23H,16-17H2,(H,31,32)/b24-15-/t23-/m1/s1. The van der Waals surface area contributed by atoms with Crippen molar-refractivity contribution >= 4 is 57.7 Å². The molecule has 0 bridgehead atoms. The van der Waals surface area contributed by atoms with E-state index in [1.807, 2.05) is 65.7 Å². The molecule has 1 saturated heterocycles. The molecule has 0 aromatic heterocycles. The Morgan fingerprint density at radius 1 is 1.03 bits per heavy atom. The molecule has 1 atom stereocenters. The van der Waals surface area contributed by atoms with E-state index in [4.69, 9.17) is 22.4 Å². The zero-order valence-electron chi connectivity index (χ0n) is 18.6. The minimum absolute atomic E-state index is 0.0736. The number of rotatable bonds is 6. The van der Waals surface area contributed by atoms with E-state index < -0.39 is 12.5 Å². The van der Waals surface area contributed by atoms with E-state index in [1.54, 1.807) is 6.08 Å². The first-order chi connectivity index (χ1) is 17.0. The second-order valence-electron chi connectivity index (χ2n) is 8.14. The van der Waals surface area contributed by atoms with Gasteiger partial charge in [-0.05, 0) is 34.9 Å². The Hall–Kier alpha value is -3.75. The largest absolute Gasteiger partial charge is 0.480 e. The Labute approximate surface area is 212 Å². The van der Waals surface area contributed by atoms with Crippen molar-refractivity contribution in [2.24, 2.45) is 5.10 Å². The molecule has 1 amide bonds. The van der Waals surface area contributed by atoms with Crippen LogP contribution in [0.15, 0.2) is 94.9 Å². The number of thioether (sulfide) groups is 1. The lowest BCUT2D eigenvalue weighted by Gasteiger charge is -2.24. The summed E-state index contributed by atoms with van der Waals surface area (Å²) in [6, 6.07) is 28.4. The Balaban J connectivity index is 1.42. The summed E-state index contributed by atoms with van der Waals surface area (Å²) >= 11 is 6.29. The maximum absolute atomic E-state index is 12.6. The molecule has 0 spiro atoms. The lowest BCUT2D eigenvalue weighted by Crippen LogP contribution is -2.33. The van der Waals surface area contributed by atoms with E-state index in [0.717, 1.165) is 45.6 Å². The Morgan fingerprint density at radius 3 is 2.34 bits per heavy atom. The number of hydrazone groups is 1. The fourth-order valence-electron chi connectivity index (χ4n) is 4.13. The highest BCUT2D eigenvalue weighted by atomic mass is 32.2. The van der Waals surface area contributed by atoms with Crippen LogP contribution in [0.3, 0.4) is 0 Å². The van der Waals surface area contributed by atoms with E-state index in [-0.39, 0.29) is 16.3 Å². The Morgan fingerprint density at radius 2 is 1.69 bits per heavy atom. The molecule has 2 aliphatic rings. The van der Waals surface area contributed by atoms with Crippen molar-refractivity contribution < 1.29 is 14.7 Å². The minimum atomic E-state index is -1.10. The van der Waals surface area contributed by atoms with E-state index in [0.29, 0.717) is 4.91 Å². The second-order valence-corrected chi connectivity index (χ2v) is 9.82. The summed E-state index contributed by atoms with van der Waals surface area (Å²) in [4.78, 5) is 25.1. The van der Waals surface area contributed by atoms with Crippen LogP contribution in [0.25, 0.3) is 6.08 Å². The summed E-state index contributed by atoms with van der Waals surface area (Å²) in [6.45, 7) is -0.432. The van der Waals surface area contributed by atoms with Gasteiger partial charge >= 0.3 is 5.97 Å². The highest BCUT2D eigenvalue weighted by Crippen LogP contribution is 2.37. The van der Waals surface area contributed by atoms with Crippen LogP contribution in [0.4, 0.5) is 5.69 Å². The number of nitrogens with zero attached hydrogens (tertiary/aromatic N) is 3. The van der Waals surface area contributed by atoms with Crippen LogP contribution in [0.5, 0.6) is 0 Å². The van der Waals surface area contributed by atoms with Crippen LogP contribution in [0.1, 0.15) is 29.2 Å². The van der Waals surface area contributed by atoms with Crippen molar-refractivity contribution in [2.45, 2.75) is 12.5 Å². The molecule has 1 fully saturated rings. The summed E-state index contributed by atoms with van der Waals surface area (Å²) in [5.74, 6) is -1.48. The number of benzene rings is 3. The molecule has 0 unspecified atom stereocenters. The van der Waals surface area contributed by atoms with Crippen molar-refractivity contribution in [2.75, 3.05) is 11.6 Å². The zero-order chi connectivity index (χ0) is 24.4. The molecule has 1 N–H and O–H groups in total. The van der Waals surface area contributed by atoms with Crippen LogP contribution >= 0.6 is 24.0 Å². The summed E-state index contributed by atoms with van der Waals surface area (Å²) in [5.41, 5.74) is 5.10. The van der Waals surface area contributed by atoms with E-state index >= 15 is 0 Å². The molecule has 0 radical (unpaired) electrons. The first kappa shape index (κ1) is 23.0. The second kappa shape index (κ2) is 9.85. The fraction of sp³-hybridized carbons (Fsp3) is 0.111. The summed E-state index contributed by atoms with van der Waals surface area (Å²) in [7, 11) is 0. The van der Waals surface area contributed by atoms with Crippen LogP contribution in [-0.4, -0.2) is 38.5 Å². The van der Waals surface area contributed by atoms with Gasteiger partial charge in [0.25, 0.3) is 5.91 Å². The van der Waals surface area contributed by atoms with Gasteiger partial charge in [0.15, 0.2) is 0 Å². The van der Waals surface area contributed by atoms with Crippen molar-refractivity contribution in [1.82, 2.24) is 4.90 Å². The van der Waals surface area contributed by atoms with Gasteiger partial charge in [-0.3, -0.25) is 19.5 Å². The monoisotopic (exact) mass is 499 g/mol. The number of carbonyl (C=O) groups is 2. The Bertz CT molecular complexity index is 1340. The molecule has 3 aromatic rings. The number of hydrogen-bond acceptors (Lipinski definition) is 6. The van der Waals surface area contributed by atoms with Crippen molar-refractivity contribution in [3.05, 3.63) is 107 Å². The predicted octanol–water partition coefficient (Wildman–Crippen LogP) is 5.33. The van der Waals surface area contributed by atoms with Gasteiger partial charge in [-0.25, -0.2) is 0 Å². The summed E-state index contributed by atoms with van der Waals surface area (Å²) in [6.07, 6.45) is 2.53. The molecule has 8 heteroatoms. The lowest BCUT2D eigenvalue weighted by molar-refractivity contribution is -0.140. The van der Waals surface area contributed by atoms with Crippen molar-refractivity contribution in [3.8, 4) is 0 Å². The highest BCUT2D eigenvalue weighted by molar-refractivity contribution is 8.26. The molecule has 35 heavy (non-hydrogen) atoms. The van der Waals surface area contributed by atoms with Gasteiger partial charge < -0.3 is 5.11 Å². The first-order valence-corrected chi connectivity index (χ1v) is 12.3. The van der Waals surface area contributed by atoms with E-state index in [9.17, 15) is 9.59 Å². The van der Waals surface area contributed by atoms with E-state index in [1.165, 1.54) is 5.56 Å². The zero-order valence-corrected chi connectivity index (χ0v) is 20.2. The van der Waals surface area contributed by atoms with Gasteiger partial charge in [0.05, 0.1) is 22.3 Å². The molecule has 2 aliphatic heterocycles. The third-order valence-electron chi connectivity index (χ3n) is 5.82. The van der Waals surface area contributed by atoms with Gasteiger partial charge in [0.1, 0.15) is 10.9 Å². The maximum atomic E-state index is 12.6. The van der Waals surface area contributed by atoms with Crippen LogP contribution in [-0.2, 0) is 9.59 Å². The van der Waals surface area contributed by atoms with Gasteiger partial charge in [0, 0.05) is 6.42 Å². The smallest absolute Gasteiger partial charge is 0.323 e. The number of amides is 1. The van der Waals surface area contributed by atoms with Crippen LogP contribution in [0.2, 0.25) is 0 Å². The topological polar surface area (TPSA) is 73.2 Å². The van der Waals surface area contributed by atoms with Crippen LogP contribution in [0, 0.1) is 0 Å². The number of hydrogen-bond donors (Lipinski definition) is 1. The van der Waals surface area contributed by atoms with E-state index in [2.05, 4.69) is 24.3 Å². The molecule has 174 valence electrons. The van der Waals surface area contributed by atoms with Crippen LogP contribution < -0.4 is 5.01 Å². The van der Waals surface area contributed by atoms with Gasteiger partial charge in [-0.15, -0.1) is 0 Å². The SMILES string of the molecule is O=C(O)CN1C(=O)/C(=C/c2ccc(N3N=C(c4ccccc4)C[C@@H]3c3ccccc3)cc2)SC1=S. The van der Waals surface area contributed by atoms with Crippen molar-refractivity contribution in [1.29, 1.82) is 0 Å². The van der Waals surface area contributed by atoms with Gasteiger partial charge in [-0.1, -0.05) is 96.8 Å². The minimum Gasteiger partial charge on any atom is -0.480 e. The Kier molecular flexibility index (Phi) is 6.48. The predicted molar refractivity (Wildman–Crippen MR) is 143 cm³/mol. The lowest BCUT2D eigenvalue weighted by atomic mass is 9.98. The summed E-state index contributed by atoms with van der Waals surface area (Å²) in [5, 5.41) is 16.0. The number of carboxylic acid groups (broad SMARTS) is 1. The molecule has 0 aliphatic carbocycles. The first-order valence-electron chi connectivity index (χ1n) is 11.0. The third kappa shape index (κ3) is 4.89. The molecule has 5 rings (SSSR count). The normalized spacial score (nSPS) is 18.9. The highest BCUT2D eigenvalue weighted by Gasteiger charge is 2.33. The number of carbonyl (C=O) groups excluding carboxylic acids is 1. The number of anilines is 1. The van der Waals surface area contributed by atoms with Gasteiger partial charge in [0.2, 0.25) is 0 Å². The number of aliphatic carboxylic acids is 1.